The Kier molecular flexibility index (Phi) is 5.17. The van der Waals surface area contributed by atoms with E-state index in [1.807, 2.05) is 12.1 Å². The van der Waals surface area contributed by atoms with Crippen molar-refractivity contribution in [1.29, 1.82) is 0 Å². The van der Waals surface area contributed by atoms with Crippen LogP contribution in [0.4, 0.5) is 5.82 Å². The number of benzene rings is 1. The zero-order chi connectivity index (χ0) is 21.1. The number of amides is 1. The molecule has 3 heterocycles. The van der Waals surface area contributed by atoms with Crippen LogP contribution in [-0.4, -0.2) is 32.8 Å². The molecule has 0 aliphatic rings. The first-order valence-corrected chi connectivity index (χ1v) is 9.17. The maximum atomic E-state index is 12.7. The van der Waals surface area contributed by atoms with Gasteiger partial charge in [0.2, 0.25) is 11.9 Å². The van der Waals surface area contributed by atoms with E-state index in [1.54, 1.807) is 44.4 Å². The first-order valence-electron chi connectivity index (χ1n) is 9.17. The van der Waals surface area contributed by atoms with Crippen LogP contribution in [0.5, 0.6) is 5.75 Å². The third-order valence-electron chi connectivity index (χ3n) is 4.33. The van der Waals surface area contributed by atoms with E-state index < -0.39 is 0 Å². The van der Waals surface area contributed by atoms with Crippen LogP contribution in [-0.2, 0) is 11.2 Å². The topological polar surface area (TPSA) is 115 Å². The van der Waals surface area contributed by atoms with E-state index in [-0.39, 0.29) is 23.8 Å². The number of ether oxygens (including phenoxy) is 1. The number of H-pyrrole nitrogens is 1. The molecular formula is C21H19N5O4. The van der Waals surface area contributed by atoms with Crippen molar-refractivity contribution in [3.05, 3.63) is 76.4 Å². The Morgan fingerprint density at radius 3 is 2.70 bits per heavy atom. The second-order valence-electron chi connectivity index (χ2n) is 6.59. The Morgan fingerprint density at radius 2 is 2.03 bits per heavy atom. The molecule has 1 aromatic carbocycles. The third kappa shape index (κ3) is 4.14. The molecule has 4 aromatic rings. The summed E-state index contributed by atoms with van der Waals surface area (Å²) in [6.07, 6.45) is 1.69. The lowest BCUT2D eigenvalue weighted by Crippen LogP contribution is -2.20. The Labute approximate surface area is 171 Å². The van der Waals surface area contributed by atoms with Crippen molar-refractivity contribution in [3.8, 4) is 23.2 Å². The summed E-state index contributed by atoms with van der Waals surface area (Å²) in [6.45, 7) is 1.71. The number of nitrogens with zero attached hydrogens (tertiary/aromatic N) is 3. The second-order valence-corrected chi connectivity index (χ2v) is 6.59. The molecule has 0 radical (unpaired) electrons. The number of nitrogens with one attached hydrogen (secondary N) is 2. The molecular weight excluding hydrogens is 386 g/mol. The number of aromatic nitrogens is 4. The predicted molar refractivity (Wildman–Crippen MR) is 110 cm³/mol. The minimum atomic E-state index is -0.317. The highest BCUT2D eigenvalue weighted by Crippen LogP contribution is 2.24. The molecule has 3 aromatic heterocycles. The molecule has 0 spiro atoms. The van der Waals surface area contributed by atoms with Crippen LogP contribution < -0.4 is 15.6 Å². The number of aryl methyl sites for hydroxylation is 1. The molecule has 2 N–H and O–H groups in total. The van der Waals surface area contributed by atoms with Gasteiger partial charge in [-0.2, -0.15) is 9.78 Å². The number of anilines is 1. The molecule has 0 saturated carbocycles. The van der Waals surface area contributed by atoms with Gasteiger partial charge in [-0.3, -0.25) is 14.6 Å². The van der Waals surface area contributed by atoms with Crippen LogP contribution in [0.3, 0.4) is 0 Å². The second kappa shape index (κ2) is 8.08. The molecule has 0 bridgehead atoms. The summed E-state index contributed by atoms with van der Waals surface area (Å²) in [4.78, 5) is 31.5. The summed E-state index contributed by atoms with van der Waals surface area (Å²) in [7, 11) is 1.59. The van der Waals surface area contributed by atoms with E-state index in [4.69, 9.17) is 9.15 Å². The lowest BCUT2D eigenvalue weighted by Gasteiger charge is -2.08. The predicted octanol–water partition coefficient (Wildman–Crippen LogP) is 2.71. The molecule has 30 heavy (non-hydrogen) atoms. The minimum absolute atomic E-state index is 0.156. The largest absolute Gasteiger partial charge is 0.497 e. The van der Waals surface area contributed by atoms with Crippen LogP contribution in [0.2, 0.25) is 0 Å². The van der Waals surface area contributed by atoms with Crippen molar-refractivity contribution in [2.75, 3.05) is 12.4 Å². The SMILES string of the molecule is COc1ccc(CC(=O)Nc2cc(-c3ccco3)nn2-c2nc(C)cc(=O)[nH]2)cc1. The number of hydrogen-bond donors (Lipinski definition) is 2. The highest BCUT2D eigenvalue weighted by Gasteiger charge is 2.17. The molecule has 0 atom stereocenters. The molecule has 152 valence electrons. The van der Waals surface area contributed by atoms with Gasteiger partial charge in [0.15, 0.2) is 5.76 Å². The van der Waals surface area contributed by atoms with Gasteiger partial charge >= 0.3 is 0 Å². The van der Waals surface area contributed by atoms with Gasteiger partial charge in [-0.25, -0.2) is 4.98 Å². The first kappa shape index (κ1) is 19.2. The fraction of sp³-hybridized carbons (Fsp3) is 0.143. The number of rotatable bonds is 6. The molecule has 9 nitrogen and oxygen atoms in total. The smallest absolute Gasteiger partial charge is 0.252 e. The van der Waals surface area contributed by atoms with Gasteiger partial charge in [0.05, 0.1) is 19.8 Å². The lowest BCUT2D eigenvalue weighted by atomic mass is 10.1. The van der Waals surface area contributed by atoms with Crippen LogP contribution >= 0.6 is 0 Å². The van der Waals surface area contributed by atoms with E-state index in [1.165, 1.54) is 17.0 Å². The monoisotopic (exact) mass is 405 g/mol. The number of carbonyl (C=O) groups is 1. The first-order chi connectivity index (χ1) is 14.5. The van der Waals surface area contributed by atoms with Gasteiger partial charge in [-0.15, -0.1) is 0 Å². The van der Waals surface area contributed by atoms with E-state index >= 15 is 0 Å². The molecule has 0 aliphatic carbocycles. The van der Waals surface area contributed by atoms with Gasteiger partial charge in [-0.05, 0) is 36.8 Å². The molecule has 0 aliphatic heterocycles. The van der Waals surface area contributed by atoms with Gasteiger partial charge in [0, 0.05) is 17.8 Å². The quantitative estimate of drug-likeness (QED) is 0.510. The Balaban J connectivity index is 1.65. The van der Waals surface area contributed by atoms with Crippen molar-refractivity contribution in [2.45, 2.75) is 13.3 Å². The number of aromatic amines is 1. The number of carbonyl (C=O) groups excluding carboxylic acids is 1. The molecule has 4 rings (SSSR count). The van der Waals surface area contributed by atoms with Gasteiger partial charge in [0.25, 0.3) is 5.56 Å². The van der Waals surface area contributed by atoms with Crippen LogP contribution in [0.15, 0.2) is 64.0 Å². The van der Waals surface area contributed by atoms with Crippen molar-refractivity contribution in [1.82, 2.24) is 19.7 Å². The molecule has 9 heteroatoms. The van der Waals surface area contributed by atoms with Crippen molar-refractivity contribution in [3.63, 3.8) is 0 Å². The molecule has 0 unspecified atom stereocenters. The Bertz CT molecular complexity index is 1220. The molecule has 0 fully saturated rings. The highest BCUT2D eigenvalue weighted by molar-refractivity contribution is 5.92. The summed E-state index contributed by atoms with van der Waals surface area (Å²) >= 11 is 0. The highest BCUT2D eigenvalue weighted by atomic mass is 16.5. The Hall–Kier alpha value is -4.14. The summed E-state index contributed by atoms with van der Waals surface area (Å²) < 4.78 is 11.9. The van der Waals surface area contributed by atoms with E-state index in [0.29, 0.717) is 23.0 Å². The Morgan fingerprint density at radius 1 is 1.23 bits per heavy atom. The van der Waals surface area contributed by atoms with Crippen molar-refractivity contribution >= 4 is 11.7 Å². The van der Waals surface area contributed by atoms with Crippen LogP contribution in [0.25, 0.3) is 17.4 Å². The fourth-order valence-corrected chi connectivity index (χ4v) is 2.96. The van der Waals surface area contributed by atoms with Gasteiger partial charge in [0.1, 0.15) is 17.3 Å². The standard InChI is InChI=1S/C21H19N5O4/c1-13-10-19(27)24-21(22-13)26-18(12-16(25-26)17-4-3-9-30-17)23-20(28)11-14-5-7-15(29-2)8-6-14/h3-10,12H,11H2,1-2H3,(H,23,28)(H,22,24,27). The number of methoxy groups -OCH3 is 1. The van der Waals surface area contributed by atoms with Crippen molar-refractivity contribution < 1.29 is 13.9 Å². The summed E-state index contributed by atoms with van der Waals surface area (Å²) in [5, 5.41) is 7.28. The van der Waals surface area contributed by atoms with E-state index in [0.717, 1.165) is 11.3 Å². The number of hydrogen-bond acceptors (Lipinski definition) is 6. The number of furan rings is 1. The van der Waals surface area contributed by atoms with Crippen LogP contribution in [0.1, 0.15) is 11.3 Å². The van der Waals surface area contributed by atoms with Crippen molar-refractivity contribution in [2.24, 2.45) is 0 Å². The summed E-state index contributed by atoms with van der Waals surface area (Å²) in [6, 6.07) is 13.8. The summed E-state index contributed by atoms with van der Waals surface area (Å²) in [5.41, 5.74) is 1.53. The maximum Gasteiger partial charge on any atom is 0.252 e. The van der Waals surface area contributed by atoms with E-state index in [9.17, 15) is 9.59 Å². The zero-order valence-corrected chi connectivity index (χ0v) is 16.4. The molecule has 0 saturated heterocycles. The van der Waals surface area contributed by atoms with Gasteiger partial charge in [-0.1, -0.05) is 12.1 Å². The third-order valence-corrected chi connectivity index (χ3v) is 4.33. The van der Waals surface area contributed by atoms with Crippen LogP contribution in [0, 0.1) is 6.92 Å². The zero-order valence-electron chi connectivity index (χ0n) is 16.4. The molecule has 1 amide bonds. The van der Waals surface area contributed by atoms with E-state index in [2.05, 4.69) is 20.4 Å². The minimum Gasteiger partial charge on any atom is -0.497 e. The summed E-state index contributed by atoms with van der Waals surface area (Å²) in [5.74, 6) is 1.54. The fourth-order valence-electron chi connectivity index (χ4n) is 2.96. The average Bonchev–Trinajstić information content (AvgIpc) is 3.37. The average molecular weight is 405 g/mol. The maximum absolute atomic E-state index is 12.7. The van der Waals surface area contributed by atoms with Gasteiger partial charge < -0.3 is 14.5 Å². The normalized spacial score (nSPS) is 10.7. The lowest BCUT2D eigenvalue weighted by molar-refractivity contribution is -0.115.